The van der Waals surface area contributed by atoms with Crippen molar-refractivity contribution in [2.24, 2.45) is 0 Å². The highest BCUT2D eigenvalue weighted by atomic mass is 16.5. The summed E-state index contributed by atoms with van der Waals surface area (Å²) in [4.78, 5) is 21.8. The SMILES string of the molecule is Cc1noc(C)c1NC(=O)N1CCCC[C@H]1c1ncc[nH]1. The van der Waals surface area contributed by atoms with E-state index < -0.39 is 0 Å². The molecule has 2 amide bonds. The molecule has 0 aliphatic carbocycles. The minimum absolute atomic E-state index is 0.00535. The fourth-order valence-electron chi connectivity index (χ4n) is 2.76. The van der Waals surface area contributed by atoms with Crippen molar-refractivity contribution >= 4 is 11.7 Å². The Labute approximate surface area is 122 Å². The Morgan fingerprint density at radius 3 is 3.00 bits per heavy atom. The number of aromatic nitrogens is 3. The van der Waals surface area contributed by atoms with Gasteiger partial charge in [0.25, 0.3) is 0 Å². The van der Waals surface area contributed by atoms with Gasteiger partial charge in [0.05, 0.1) is 6.04 Å². The summed E-state index contributed by atoms with van der Waals surface area (Å²) in [6, 6.07) is -0.139. The Kier molecular flexibility index (Phi) is 3.64. The summed E-state index contributed by atoms with van der Waals surface area (Å²) in [6.45, 7) is 4.32. The number of aromatic amines is 1. The standard InChI is InChI=1S/C14H19N5O2/c1-9-12(10(2)21-18-9)17-14(20)19-8-4-3-5-11(19)13-15-6-7-16-13/h6-7,11H,3-5,8H2,1-2H3,(H,15,16)(H,17,20)/t11-/m0/s1. The van der Waals surface area contributed by atoms with Crippen molar-refractivity contribution in [2.75, 3.05) is 11.9 Å². The molecule has 2 N–H and O–H groups in total. The fourth-order valence-corrected chi connectivity index (χ4v) is 2.76. The van der Waals surface area contributed by atoms with Crippen molar-refractivity contribution in [3.8, 4) is 0 Å². The molecule has 2 aromatic rings. The number of likely N-dealkylation sites (tertiary alicyclic amines) is 1. The third-order valence-corrected chi connectivity index (χ3v) is 3.86. The lowest BCUT2D eigenvalue weighted by molar-refractivity contribution is 0.160. The van der Waals surface area contributed by atoms with E-state index in [4.69, 9.17) is 4.52 Å². The normalized spacial score (nSPS) is 18.8. The van der Waals surface area contributed by atoms with Crippen molar-refractivity contribution in [3.05, 3.63) is 29.7 Å². The van der Waals surface area contributed by atoms with Gasteiger partial charge in [-0.1, -0.05) is 5.16 Å². The van der Waals surface area contributed by atoms with Crippen LogP contribution < -0.4 is 5.32 Å². The predicted octanol–water partition coefficient (Wildman–Crippen LogP) is 2.77. The summed E-state index contributed by atoms with van der Waals surface area (Å²) in [6.07, 6.45) is 6.53. The molecule has 1 fully saturated rings. The van der Waals surface area contributed by atoms with Crippen molar-refractivity contribution in [2.45, 2.75) is 39.2 Å². The van der Waals surface area contributed by atoms with Crippen molar-refractivity contribution < 1.29 is 9.32 Å². The van der Waals surface area contributed by atoms with Gasteiger partial charge in [0.2, 0.25) is 0 Å². The first-order chi connectivity index (χ1) is 10.2. The third kappa shape index (κ3) is 2.63. The van der Waals surface area contributed by atoms with Gasteiger partial charge >= 0.3 is 6.03 Å². The molecule has 0 aromatic carbocycles. The van der Waals surface area contributed by atoms with Crippen LogP contribution >= 0.6 is 0 Å². The number of hydrogen-bond acceptors (Lipinski definition) is 4. The molecular formula is C14H19N5O2. The zero-order valence-electron chi connectivity index (χ0n) is 12.2. The van der Waals surface area contributed by atoms with E-state index in [1.54, 1.807) is 19.3 Å². The van der Waals surface area contributed by atoms with E-state index in [0.717, 1.165) is 31.6 Å². The van der Waals surface area contributed by atoms with Crippen LogP contribution in [-0.4, -0.2) is 32.6 Å². The van der Waals surface area contributed by atoms with Gasteiger partial charge in [0.15, 0.2) is 5.76 Å². The molecule has 3 rings (SSSR count). The van der Waals surface area contributed by atoms with E-state index in [1.165, 1.54) is 0 Å². The van der Waals surface area contributed by atoms with Crippen LogP contribution in [0.4, 0.5) is 10.5 Å². The van der Waals surface area contributed by atoms with Crippen LogP contribution in [0.2, 0.25) is 0 Å². The number of urea groups is 1. The summed E-state index contributed by atoms with van der Waals surface area (Å²) < 4.78 is 5.08. The largest absolute Gasteiger partial charge is 0.359 e. The molecule has 1 atom stereocenters. The number of nitrogens with one attached hydrogen (secondary N) is 2. The lowest BCUT2D eigenvalue weighted by Crippen LogP contribution is -2.41. The molecule has 7 heteroatoms. The number of hydrogen-bond donors (Lipinski definition) is 2. The molecule has 21 heavy (non-hydrogen) atoms. The predicted molar refractivity (Wildman–Crippen MR) is 76.9 cm³/mol. The van der Waals surface area contributed by atoms with Gasteiger partial charge < -0.3 is 19.7 Å². The van der Waals surface area contributed by atoms with E-state index in [0.29, 0.717) is 17.1 Å². The molecule has 112 valence electrons. The van der Waals surface area contributed by atoms with Crippen LogP contribution in [0.5, 0.6) is 0 Å². The summed E-state index contributed by atoms with van der Waals surface area (Å²) in [5.41, 5.74) is 1.34. The number of imidazole rings is 1. The zero-order chi connectivity index (χ0) is 14.8. The van der Waals surface area contributed by atoms with Crippen molar-refractivity contribution in [1.82, 2.24) is 20.0 Å². The molecule has 7 nitrogen and oxygen atoms in total. The van der Waals surface area contributed by atoms with Crippen molar-refractivity contribution in [1.29, 1.82) is 0 Å². The number of rotatable bonds is 2. The minimum Gasteiger partial charge on any atom is -0.359 e. The van der Waals surface area contributed by atoms with Crippen LogP contribution in [0, 0.1) is 13.8 Å². The van der Waals surface area contributed by atoms with Crippen LogP contribution in [0.3, 0.4) is 0 Å². The quantitative estimate of drug-likeness (QED) is 0.890. The number of carbonyl (C=O) groups excluding carboxylic acids is 1. The van der Waals surface area contributed by atoms with Gasteiger partial charge in [-0.25, -0.2) is 9.78 Å². The Bertz CT molecular complexity index is 600. The number of carbonyl (C=O) groups is 1. The minimum atomic E-state index is -0.134. The molecular weight excluding hydrogens is 270 g/mol. The molecule has 0 saturated carbocycles. The Morgan fingerprint density at radius 2 is 2.33 bits per heavy atom. The molecule has 0 unspecified atom stereocenters. The molecule has 0 bridgehead atoms. The number of aryl methyl sites for hydroxylation is 2. The van der Waals surface area contributed by atoms with Gasteiger partial charge in [-0.15, -0.1) is 0 Å². The van der Waals surface area contributed by atoms with Gasteiger partial charge in [-0.05, 0) is 33.1 Å². The van der Waals surface area contributed by atoms with Crippen LogP contribution in [0.25, 0.3) is 0 Å². The molecule has 0 radical (unpaired) electrons. The second-order valence-electron chi connectivity index (χ2n) is 5.31. The van der Waals surface area contributed by atoms with Crippen molar-refractivity contribution in [3.63, 3.8) is 0 Å². The molecule has 2 aromatic heterocycles. The summed E-state index contributed by atoms with van der Waals surface area (Å²) in [5, 5.41) is 6.77. The smallest absolute Gasteiger partial charge is 0.322 e. The molecule has 1 aliphatic rings. The molecule has 3 heterocycles. The van der Waals surface area contributed by atoms with E-state index in [1.807, 2.05) is 11.8 Å². The highest BCUT2D eigenvalue weighted by molar-refractivity contribution is 5.90. The topological polar surface area (TPSA) is 87.1 Å². The fraction of sp³-hybridized carbons (Fsp3) is 0.500. The number of anilines is 1. The number of piperidine rings is 1. The lowest BCUT2D eigenvalue weighted by Gasteiger charge is -2.34. The summed E-state index contributed by atoms with van der Waals surface area (Å²) >= 11 is 0. The average Bonchev–Trinajstić information content (AvgIpc) is 3.13. The van der Waals surface area contributed by atoms with Gasteiger partial charge in [0.1, 0.15) is 17.2 Å². The highest BCUT2D eigenvalue weighted by Crippen LogP contribution is 2.30. The van der Waals surface area contributed by atoms with Gasteiger partial charge in [-0.3, -0.25) is 0 Å². The maximum atomic E-state index is 12.6. The van der Waals surface area contributed by atoms with Crippen LogP contribution in [0.1, 0.15) is 42.6 Å². The first-order valence-electron chi connectivity index (χ1n) is 7.16. The monoisotopic (exact) mass is 289 g/mol. The molecule has 1 saturated heterocycles. The number of H-pyrrole nitrogens is 1. The Balaban J connectivity index is 1.79. The second-order valence-corrected chi connectivity index (χ2v) is 5.31. The average molecular weight is 289 g/mol. The summed E-state index contributed by atoms with van der Waals surface area (Å²) in [7, 11) is 0. The van der Waals surface area contributed by atoms with Crippen LogP contribution in [-0.2, 0) is 0 Å². The highest BCUT2D eigenvalue weighted by Gasteiger charge is 2.30. The number of nitrogens with zero attached hydrogens (tertiary/aromatic N) is 3. The van der Waals surface area contributed by atoms with E-state index in [-0.39, 0.29) is 12.1 Å². The van der Waals surface area contributed by atoms with Crippen LogP contribution in [0.15, 0.2) is 16.9 Å². The lowest BCUT2D eigenvalue weighted by atomic mass is 10.0. The van der Waals surface area contributed by atoms with Gasteiger partial charge in [-0.2, -0.15) is 0 Å². The van der Waals surface area contributed by atoms with E-state index in [9.17, 15) is 4.79 Å². The maximum Gasteiger partial charge on any atom is 0.322 e. The third-order valence-electron chi connectivity index (χ3n) is 3.86. The number of amides is 2. The Morgan fingerprint density at radius 1 is 1.48 bits per heavy atom. The summed E-state index contributed by atoms with van der Waals surface area (Å²) in [5.74, 6) is 1.45. The molecule has 1 aliphatic heterocycles. The maximum absolute atomic E-state index is 12.6. The zero-order valence-corrected chi connectivity index (χ0v) is 12.2. The second kappa shape index (κ2) is 5.59. The Hall–Kier alpha value is -2.31. The van der Waals surface area contributed by atoms with Gasteiger partial charge in [0, 0.05) is 18.9 Å². The first kappa shape index (κ1) is 13.7. The first-order valence-corrected chi connectivity index (χ1v) is 7.16. The molecule has 0 spiro atoms. The van der Waals surface area contributed by atoms with E-state index in [2.05, 4.69) is 20.4 Å². The van der Waals surface area contributed by atoms with E-state index >= 15 is 0 Å².